The lowest BCUT2D eigenvalue weighted by atomic mass is 10.2. The number of carbonyl (C=O) groups excluding carboxylic acids is 1. The van der Waals surface area contributed by atoms with Gasteiger partial charge in [0.15, 0.2) is 0 Å². The van der Waals surface area contributed by atoms with E-state index in [2.05, 4.69) is 24.1 Å². The smallest absolute Gasteiger partial charge is 0.233 e. The molecule has 0 aliphatic carbocycles. The molecule has 2 N–H and O–H groups in total. The van der Waals surface area contributed by atoms with Gasteiger partial charge < -0.3 is 10.6 Å². The van der Waals surface area contributed by atoms with Gasteiger partial charge in [0.2, 0.25) is 5.91 Å². The summed E-state index contributed by atoms with van der Waals surface area (Å²) in [5.41, 5.74) is 1.12. The van der Waals surface area contributed by atoms with E-state index in [4.69, 9.17) is 0 Å². The maximum atomic E-state index is 10.9. The molecule has 0 aliphatic heterocycles. The maximum absolute atomic E-state index is 10.9. The van der Waals surface area contributed by atoms with Crippen LogP contribution in [-0.4, -0.2) is 25.5 Å². The zero-order valence-corrected chi connectivity index (χ0v) is 7.94. The van der Waals surface area contributed by atoms with E-state index >= 15 is 0 Å². The van der Waals surface area contributed by atoms with Gasteiger partial charge in [0.05, 0.1) is 6.54 Å². The predicted octanol–water partition coefficient (Wildman–Crippen LogP) is 0.678. The molecular weight excluding hydrogens is 152 g/mol. The lowest BCUT2D eigenvalue weighted by Gasteiger charge is -2.05. The van der Waals surface area contributed by atoms with Gasteiger partial charge in [0.25, 0.3) is 0 Å². The molecule has 0 aromatic rings. The first kappa shape index (κ1) is 11.2. The molecule has 0 saturated heterocycles. The Kier molecular flexibility index (Phi) is 6.38. The summed E-state index contributed by atoms with van der Waals surface area (Å²) in [5.74, 6) is 0.0430. The van der Waals surface area contributed by atoms with Crippen molar-refractivity contribution in [2.24, 2.45) is 0 Å². The number of hydrogen-bond acceptors (Lipinski definition) is 2. The number of carbonyl (C=O) groups is 1. The van der Waals surface area contributed by atoms with Crippen LogP contribution in [0.1, 0.15) is 20.3 Å². The molecule has 0 radical (unpaired) electrons. The Morgan fingerprint density at radius 3 is 2.50 bits per heavy atom. The van der Waals surface area contributed by atoms with Crippen LogP contribution >= 0.6 is 0 Å². The van der Waals surface area contributed by atoms with Crippen molar-refractivity contribution in [3.05, 3.63) is 12.2 Å². The van der Waals surface area contributed by atoms with E-state index in [9.17, 15) is 4.79 Å². The summed E-state index contributed by atoms with van der Waals surface area (Å²) in [6.07, 6.45) is 0.961. The minimum Gasteiger partial charge on any atom is -0.355 e. The topological polar surface area (TPSA) is 41.1 Å². The molecule has 0 aliphatic rings. The van der Waals surface area contributed by atoms with E-state index in [-0.39, 0.29) is 5.91 Å². The fourth-order valence-electron chi connectivity index (χ4n) is 0.737. The Hall–Kier alpha value is -0.830. The summed E-state index contributed by atoms with van der Waals surface area (Å²) in [5, 5.41) is 5.72. The van der Waals surface area contributed by atoms with E-state index in [1.165, 1.54) is 0 Å². The third-order valence-corrected chi connectivity index (χ3v) is 1.53. The standard InChI is InChI=1S/C9H18N2O/c1-4-8(3)6-10-7-9(12)11-5-2/h10H,3-7H2,1-2H3,(H,11,12). The highest BCUT2D eigenvalue weighted by Crippen LogP contribution is 1.91. The molecule has 0 fully saturated rings. The Morgan fingerprint density at radius 1 is 1.33 bits per heavy atom. The molecule has 0 heterocycles. The number of hydrogen-bond donors (Lipinski definition) is 2. The highest BCUT2D eigenvalue weighted by Gasteiger charge is 1.97. The normalized spacial score (nSPS) is 9.50. The molecule has 12 heavy (non-hydrogen) atoms. The molecule has 1 amide bonds. The minimum absolute atomic E-state index is 0.0430. The van der Waals surface area contributed by atoms with Gasteiger partial charge in [-0.15, -0.1) is 0 Å². The van der Waals surface area contributed by atoms with E-state index in [0.717, 1.165) is 18.5 Å². The van der Waals surface area contributed by atoms with Crippen LogP contribution in [0.2, 0.25) is 0 Å². The molecule has 70 valence electrons. The highest BCUT2D eigenvalue weighted by molar-refractivity contribution is 5.77. The van der Waals surface area contributed by atoms with Crippen molar-refractivity contribution in [3.63, 3.8) is 0 Å². The van der Waals surface area contributed by atoms with Crippen LogP contribution in [0.4, 0.5) is 0 Å². The lowest BCUT2D eigenvalue weighted by Crippen LogP contribution is -2.34. The van der Waals surface area contributed by atoms with Gasteiger partial charge in [-0.25, -0.2) is 0 Å². The first-order valence-corrected chi connectivity index (χ1v) is 4.34. The highest BCUT2D eigenvalue weighted by atomic mass is 16.1. The summed E-state index contributed by atoms with van der Waals surface area (Å²) < 4.78 is 0. The molecule has 0 unspecified atom stereocenters. The van der Waals surface area contributed by atoms with Gasteiger partial charge >= 0.3 is 0 Å². The van der Waals surface area contributed by atoms with E-state index < -0.39 is 0 Å². The molecule has 0 bridgehead atoms. The van der Waals surface area contributed by atoms with Gasteiger partial charge in [-0.05, 0) is 13.3 Å². The van der Waals surface area contributed by atoms with Crippen LogP contribution in [0.25, 0.3) is 0 Å². The Morgan fingerprint density at radius 2 is 2.00 bits per heavy atom. The van der Waals surface area contributed by atoms with E-state index in [1.54, 1.807) is 0 Å². The number of rotatable bonds is 6. The average Bonchev–Trinajstić information content (AvgIpc) is 2.04. The third kappa shape index (κ3) is 5.92. The largest absolute Gasteiger partial charge is 0.355 e. The molecule has 0 rings (SSSR count). The molecule has 3 nitrogen and oxygen atoms in total. The molecule has 0 aromatic heterocycles. The number of amides is 1. The zero-order valence-electron chi connectivity index (χ0n) is 7.94. The molecular formula is C9H18N2O. The van der Waals surface area contributed by atoms with Crippen molar-refractivity contribution in [3.8, 4) is 0 Å². The van der Waals surface area contributed by atoms with Crippen LogP contribution in [-0.2, 0) is 4.79 Å². The summed E-state index contributed by atoms with van der Waals surface area (Å²) in [7, 11) is 0. The van der Waals surface area contributed by atoms with Gasteiger partial charge in [-0.3, -0.25) is 4.79 Å². The summed E-state index contributed by atoms with van der Waals surface area (Å²) in [6, 6.07) is 0. The zero-order chi connectivity index (χ0) is 9.40. The fourth-order valence-corrected chi connectivity index (χ4v) is 0.737. The minimum atomic E-state index is 0.0430. The number of nitrogens with one attached hydrogen (secondary N) is 2. The average molecular weight is 170 g/mol. The van der Waals surface area contributed by atoms with Gasteiger partial charge in [0.1, 0.15) is 0 Å². The second kappa shape index (κ2) is 6.85. The summed E-state index contributed by atoms with van der Waals surface area (Å²) in [6.45, 7) is 9.58. The van der Waals surface area contributed by atoms with Crippen molar-refractivity contribution < 1.29 is 4.79 Å². The van der Waals surface area contributed by atoms with E-state index in [0.29, 0.717) is 13.1 Å². The van der Waals surface area contributed by atoms with Crippen molar-refractivity contribution in [1.29, 1.82) is 0 Å². The van der Waals surface area contributed by atoms with Crippen LogP contribution in [0.15, 0.2) is 12.2 Å². The van der Waals surface area contributed by atoms with Crippen LogP contribution in [0.3, 0.4) is 0 Å². The van der Waals surface area contributed by atoms with Crippen LogP contribution in [0, 0.1) is 0 Å². The van der Waals surface area contributed by atoms with Crippen molar-refractivity contribution in [1.82, 2.24) is 10.6 Å². The van der Waals surface area contributed by atoms with Crippen molar-refractivity contribution >= 4 is 5.91 Å². The van der Waals surface area contributed by atoms with Crippen LogP contribution < -0.4 is 10.6 Å². The summed E-state index contributed by atoms with van der Waals surface area (Å²) in [4.78, 5) is 10.9. The molecule has 0 atom stereocenters. The summed E-state index contributed by atoms with van der Waals surface area (Å²) >= 11 is 0. The second-order valence-corrected chi connectivity index (χ2v) is 2.66. The number of likely N-dealkylation sites (N-methyl/N-ethyl adjacent to an activating group) is 1. The molecule has 0 saturated carbocycles. The van der Waals surface area contributed by atoms with Gasteiger partial charge in [0, 0.05) is 13.1 Å². The molecule has 0 aromatic carbocycles. The first-order chi connectivity index (χ1) is 5.70. The molecule has 0 spiro atoms. The fraction of sp³-hybridized carbons (Fsp3) is 0.667. The molecule has 3 heteroatoms. The second-order valence-electron chi connectivity index (χ2n) is 2.66. The Labute approximate surface area is 74.2 Å². The maximum Gasteiger partial charge on any atom is 0.233 e. The SMILES string of the molecule is C=C(CC)CNCC(=O)NCC. The predicted molar refractivity (Wildman–Crippen MR) is 51.0 cm³/mol. The quantitative estimate of drug-likeness (QED) is 0.575. The van der Waals surface area contributed by atoms with Crippen molar-refractivity contribution in [2.75, 3.05) is 19.6 Å². The third-order valence-electron chi connectivity index (χ3n) is 1.53. The monoisotopic (exact) mass is 170 g/mol. The van der Waals surface area contributed by atoms with Gasteiger partial charge in [-0.2, -0.15) is 0 Å². The lowest BCUT2D eigenvalue weighted by molar-refractivity contribution is -0.120. The Balaban J connectivity index is 3.30. The van der Waals surface area contributed by atoms with E-state index in [1.807, 2.05) is 6.92 Å². The van der Waals surface area contributed by atoms with Crippen LogP contribution in [0.5, 0.6) is 0 Å². The van der Waals surface area contributed by atoms with Gasteiger partial charge in [-0.1, -0.05) is 19.1 Å². The Bertz CT molecular complexity index is 155. The first-order valence-electron chi connectivity index (χ1n) is 4.34. The van der Waals surface area contributed by atoms with Crippen molar-refractivity contribution in [2.45, 2.75) is 20.3 Å².